The van der Waals surface area contributed by atoms with E-state index in [1.54, 1.807) is 31.2 Å². The van der Waals surface area contributed by atoms with E-state index < -0.39 is 0 Å². The normalized spacial score (nSPS) is 10.5. The molecule has 8 heteroatoms. The first-order valence-corrected chi connectivity index (χ1v) is 11.5. The molecule has 1 heterocycles. The van der Waals surface area contributed by atoms with Crippen LogP contribution in [-0.4, -0.2) is 27.5 Å². The lowest BCUT2D eigenvalue weighted by atomic mass is 10.1. The first-order valence-electron chi connectivity index (χ1n) is 11.5. The molecule has 0 bridgehead atoms. The molecule has 35 heavy (non-hydrogen) atoms. The fraction of sp³-hybridized carbons (Fsp3) is 0.185. The minimum atomic E-state index is -0.357. The van der Waals surface area contributed by atoms with E-state index in [1.807, 2.05) is 43.3 Å². The summed E-state index contributed by atoms with van der Waals surface area (Å²) in [4.78, 5) is 25.5. The van der Waals surface area contributed by atoms with Crippen molar-refractivity contribution in [2.24, 2.45) is 0 Å². The molecule has 0 spiro atoms. The number of esters is 1. The summed E-state index contributed by atoms with van der Waals surface area (Å²) in [5.41, 5.74) is 5.33. The zero-order valence-electron chi connectivity index (χ0n) is 20.0. The Kier molecular flexibility index (Phi) is 7.52. The van der Waals surface area contributed by atoms with Gasteiger partial charge in [0.15, 0.2) is 0 Å². The van der Waals surface area contributed by atoms with E-state index in [0.29, 0.717) is 30.0 Å². The Labute approximate surface area is 204 Å². The Bertz CT molecular complexity index is 1290. The Morgan fingerprint density at radius 2 is 1.29 bits per heavy atom. The molecule has 0 fully saturated rings. The number of benzene rings is 3. The van der Waals surface area contributed by atoms with Crippen LogP contribution in [0.2, 0.25) is 0 Å². The van der Waals surface area contributed by atoms with Crippen molar-refractivity contribution in [3.63, 3.8) is 0 Å². The van der Waals surface area contributed by atoms with Crippen LogP contribution in [0.15, 0.2) is 72.8 Å². The second-order valence-corrected chi connectivity index (χ2v) is 7.90. The molecule has 0 saturated carbocycles. The summed E-state index contributed by atoms with van der Waals surface area (Å²) < 4.78 is 5.04. The predicted molar refractivity (Wildman–Crippen MR) is 139 cm³/mol. The fourth-order valence-electron chi connectivity index (χ4n) is 3.38. The van der Waals surface area contributed by atoms with Gasteiger partial charge >= 0.3 is 5.97 Å². The highest BCUT2D eigenvalue weighted by Crippen LogP contribution is 2.22. The average molecular weight is 469 g/mol. The van der Waals surface area contributed by atoms with Crippen LogP contribution >= 0.6 is 0 Å². The van der Waals surface area contributed by atoms with E-state index in [1.165, 1.54) is 5.56 Å². The zero-order chi connectivity index (χ0) is 24.6. The van der Waals surface area contributed by atoms with Crippen LogP contribution < -0.4 is 16.0 Å². The van der Waals surface area contributed by atoms with E-state index in [4.69, 9.17) is 4.74 Å². The molecule has 4 rings (SSSR count). The predicted octanol–water partition coefficient (Wildman–Crippen LogP) is 6.15. The first-order chi connectivity index (χ1) is 17.0. The highest BCUT2D eigenvalue weighted by molar-refractivity contribution is 5.89. The van der Waals surface area contributed by atoms with Gasteiger partial charge in [-0.15, -0.1) is 0 Å². The molecule has 0 unspecified atom stereocenters. The van der Waals surface area contributed by atoms with E-state index >= 15 is 0 Å². The van der Waals surface area contributed by atoms with Crippen molar-refractivity contribution in [2.45, 2.75) is 27.2 Å². The number of aromatic nitrogens is 3. The minimum absolute atomic E-state index is 0.331. The quantitative estimate of drug-likeness (QED) is 0.251. The molecule has 0 aliphatic rings. The first kappa shape index (κ1) is 23.7. The van der Waals surface area contributed by atoms with Crippen LogP contribution in [-0.2, 0) is 11.2 Å². The zero-order valence-corrected chi connectivity index (χ0v) is 20.0. The molecule has 0 amide bonds. The highest BCUT2D eigenvalue weighted by Gasteiger charge is 2.10. The van der Waals surface area contributed by atoms with Gasteiger partial charge in [0.2, 0.25) is 17.8 Å². The largest absolute Gasteiger partial charge is 0.462 e. The third-order valence-corrected chi connectivity index (χ3v) is 5.18. The number of nitrogens with one attached hydrogen (secondary N) is 3. The Morgan fingerprint density at radius 1 is 0.743 bits per heavy atom. The van der Waals surface area contributed by atoms with Crippen LogP contribution in [0.25, 0.3) is 0 Å². The van der Waals surface area contributed by atoms with Crippen LogP contribution in [0.5, 0.6) is 0 Å². The average Bonchev–Trinajstić information content (AvgIpc) is 2.85. The third-order valence-electron chi connectivity index (χ3n) is 5.18. The summed E-state index contributed by atoms with van der Waals surface area (Å²) in [6, 6.07) is 23.0. The van der Waals surface area contributed by atoms with Crippen molar-refractivity contribution in [3.8, 4) is 0 Å². The Morgan fingerprint density at radius 3 is 1.80 bits per heavy atom. The van der Waals surface area contributed by atoms with Crippen LogP contribution in [0.3, 0.4) is 0 Å². The van der Waals surface area contributed by atoms with Crippen molar-refractivity contribution >= 4 is 40.9 Å². The second kappa shape index (κ2) is 11.1. The monoisotopic (exact) mass is 468 g/mol. The van der Waals surface area contributed by atoms with Gasteiger partial charge in [-0.05, 0) is 79.9 Å². The summed E-state index contributed by atoms with van der Waals surface area (Å²) in [5.74, 6) is 0.783. The molecule has 0 aliphatic carbocycles. The van der Waals surface area contributed by atoms with Gasteiger partial charge in [0.25, 0.3) is 0 Å². The van der Waals surface area contributed by atoms with Gasteiger partial charge < -0.3 is 20.7 Å². The van der Waals surface area contributed by atoms with Crippen molar-refractivity contribution in [1.29, 1.82) is 0 Å². The fourth-order valence-corrected chi connectivity index (χ4v) is 3.38. The molecule has 0 radical (unpaired) electrons. The number of carbonyl (C=O) groups is 1. The van der Waals surface area contributed by atoms with E-state index in [9.17, 15) is 4.79 Å². The lowest BCUT2D eigenvalue weighted by Gasteiger charge is -2.12. The summed E-state index contributed by atoms with van der Waals surface area (Å²) in [6.07, 6.45) is 0.972. The maximum absolute atomic E-state index is 11.9. The summed E-state index contributed by atoms with van der Waals surface area (Å²) in [5, 5.41) is 9.69. The molecule has 0 atom stereocenters. The van der Waals surface area contributed by atoms with E-state index in [-0.39, 0.29) is 5.97 Å². The van der Waals surface area contributed by atoms with E-state index in [2.05, 4.69) is 50.0 Å². The minimum Gasteiger partial charge on any atom is -0.462 e. The van der Waals surface area contributed by atoms with E-state index in [0.717, 1.165) is 29.0 Å². The number of hydrogen-bond acceptors (Lipinski definition) is 8. The molecule has 4 aromatic rings. The third kappa shape index (κ3) is 6.54. The van der Waals surface area contributed by atoms with Crippen molar-refractivity contribution in [2.75, 3.05) is 22.6 Å². The molecule has 3 aromatic carbocycles. The number of ether oxygens (including phenoxy) is 1. The summed E-state index contributed by atoms with van der Waals surface area (Å²) in [6.45, 7) is 6.26. The van der Waals surface area contributed by atoms with Gasteiger partial charge in [-0.1, -0.05) is 31.2 Å². The van der Waals surface area contributed by atoms with Crippen molar-refractivity contribution in [1.82, 2.24) is 15.0 Å². The topological polar surface area (TPSA) is 101 Å². The molecular formula is C27H28N6O2. The van der Waals surface area contributed by atoms with Gasteiger partial charge in [0.05, 0.1) is 12.2 Å². The van der Waals surface area contributed by atoms with Crippen LogP contribution in [0.1, 0.15) is 35.3 Å². The summed E-state index contributed by atoms with van der Waals surface area (Å²) >= 11 is 0. The molecule has 0 aliphatic heterocycles. The Balaban J connectivity index is 1.60. The number of carbonyl (C=O) groups excluding carboxylic acids is 1. The molecular weight excluding hydrogens is 440 g/mol. The number of hydrogen-bond donors (Lipinski definition) is 3. The number of nitrogens with zero attached hydrogens (tertiary/aromatic N) is 3. The molecule has 1 aromatic heterocycles. The second-order valence-electron chi connectivity index (χ2n) is 7.90. The molecule has 3 N–H and O–H groups in total. The lowest BCUT2D eigenvalue weighted by Crippen LogP contribution is -2.08. The standard InChI is InChI=1S/C27H28N6O2/c1-4-19-9-13-21(14-10-19)28-25-31-26(29-22-15-11-20(12-16-22)24(34)35-5-2)33-27(32-25)30-23-8-6-7-18(3)17-23/h6-17H,4-5H2,1-3H3,(H3,28,29,30,31,32,33). The highest BCUT2D eigenvalue weighted by atomic mass is 16.5. The van der Waals surface area contributed by atoms with Gasteiger partial charge in [-0.3, -0.25) is 0 Å². The van der Waals surface area contributed by atoms with Crippen molar-refractivity contribution < 1.29 is 9.53 Å². The molecule has 0 saturated heterocycles. The van der Waals surface area contributed by atoms with Gasteiger partial charge in [0, 0.05) is 17.1 Å². The summed E-state index contributed by atoms with van der Waals surface area (Å²) in [7, 11) is 0. The van der Waals surface area contributed by atoms with Gasteiger partial charge in [0.1, 0.15) is 0 Å². The number of rotatable bonds is 9. The van der Waals surface area contributed by atoms with Gasteiger partial charge in [-0.25, -0.2) is 4.79 Å². The smallest absolute Gasteiger partial charge is 0.338 e. The molecule has 8 nitrogen and oxygen atoms in total. The van der Waals surface area contributed by atoms with Crippen LogP contribution in [0, 0.1) is 6.92 Å². The SMILES string of the molecule is CCOC(=O)c1ccc(Nc2nc(Nc3ccc(CC)cc3)nc(Nc3cccc(C)c3)n2)cc1. The maximum Gasteiger partial charge on any atom is 0.338 e. The maximum atomic E-state index is 11.9. The van der Waals surface area contributed by atoms with Crippen LogP contribution in [0.4, 0.5) is 34.9 Å². The molecule has 178 valence electrons. The lowest BCUT2D eigenvalue weighted by molar-refractivity contribution is 0.0526. The number of aryl methyl sites for hydroxylation is 2. The number of anilines is 6. The van der Waals surface area contributed by atoms with Gasteiger partial charge in [-0.2, -0.15) is 15.0 Å². The Hall–Kier alpha value is -4.46. The van der Waals surface area contributed by atoms with Crippen molar-refractivity contribution in [3.05, 3.63) is 89.5 Å².